The highest BCUT2D eigenvalue weighted by molar-refractivity contribution is 7.21. The first-order valence-corrected chi connectivity index (χ1v) is 9.55. The van der Waals surface area contributed by atoms with Crippen LogP contribution < -0.4 is 11.1 Å². The predicted molar refractivity (Wildman–Crippen MR) is 107 cm³/mol. The van der Waals surface area contributed by atoms with Crippen LogP contribution in [0.3, 0.4) is 0 Å². The number of thiophene rings is 1. The number of alkyl halides is 2. The number of carbonyl (C=O) groups excluding carboxylic acids is 2. The predicted octanol–water partition coefficient (Wildman–Crippen LogP) is 4.23. The molecule has 12 heteroatoms. The number of anilines is 1. The monoisotopic (exact) mass is 451 g/mol. The Balaban J connectivity index is 1.97. The van der Waals surface area contributed by atoms with Gasteiger partial charge in [-0.2, -0.15) is 5.10 Å². The third-order valence-electron chi connectivity index (χ3n) is 4.26. The molecule has 4 heterocycles. The van der Waals surface area contributed by atoms with Crippen molar-refractivity contribution in [2.45, 2.75) is 6.43 Å². The Bertz CT molecular complexity index is 1260. The molecule has 0 saturated carbocycles. The van der Waals surface area contributed by atoms with Gasteiger partial charge in [-0.05, 0) is 18.2 Å². The van der Waals surface area contributed by atoms with E-state index in [1.807, 2.05) is 0 Å². The maximum Gasteiger partial charge on any atom is 0.280 e. The minimum absolute atomic E-state index is 0.0319. The molecule has 0 fully saturated rings. The van der Waals surface area contributed by atoms with Gasteiger partial charge in [-0.1, -0.05) is 11.6 Å². The van der Waals surface area contributed by atoms with Crippen LogP contribution in [0.15, 0.2) is 35.1 Å². The molecular formula is C18H12ClF2N5O3S. The van der Waals surface area contributed by atoms with Crippen molar-refractivity contribution in [3.63, 3.8) is 0 Å². The molecule has 0 spiro atoms. The van der Waals surface area contributed by atoms with Gasteiger partial charge in [0, 0.05) is 18.0 Å². The van der Waals surface area contributed by atoms with Gasteiger partial charge in [-0.25, -0.2) is 13.8 Å². The Morgan fingerprint density at radius 2 is 2.17 bits per heavy atom. The Hall–Kier alpha value is -3.31. The first-order chi connectivity index (χ1) is 14.3. The SMILES string of the molecule is Cn1ncc(Cl)c1C(=O)Nc1c(C(N)=O)sc2nc(C(F)F)cc(-c3ccco3)c12. The molecule has 4 aromatic rings. The number of pyridine rings is 1. The van der Waals surface area contributed by atoms with Crippen LogP contribution in [0.5, 0.6) is 0 Å². The molecule has 0 bridgehead atoms. The summed E-state index contributed by atoms with van der Waals surface area (Å²) >= 11 is 6.82. The molecule has 154 valence electrons. The summed E-state index contributed by atoms with van der Waals surface area (Å²) in [5, 5.41) is 6.85. The summed E-state index contributed by atoms with van der Waals surface area (Å²) in [5.41, 5.74) is 5.28. The molecule has 2 amide bonds. The number of primary amides is 1. The minimum atomic E-state index is -2.85. The van der Waals surface area contributed by atoms with E-state index in [-0.39, 0.29) is 42.8 Å². The van der Waals surface area contributed by atoms with Crippen LogP contribution in [-0.2, 0) is 7.05 Å². The van der Waals surface area contributed by atoms with E-state index in [1.54, 1.807) is 12.1 Å². The van der Waals surface area contributed by atoms with E-state index in [0.29, 0.717) is 0 Å². The van der Waals surface area contributed by atoms with Gasteiger partial charge in [0.05, 0.1) is 23.2 Å². The number of hydrogen-bond donors (Lipinski definition) is 2. The largest absolute Gasteiger partial charge is 0.464 e. The summed E-state index contributed by atoms with van der Waals surface area (Å²) in [6.45, 7) is 0. The van der Waals surface area contributed by atoms with Crippen LogP contribution in [0.25, 0.3) is 21.5 Å². The van der Waals surface area contributed by atoms with E-state index in [9.17, 15) is 18.4 Å². The summed E-state index contributed by atoms with van der Waals surface area (Å²) < 4.78 is 33.4. The van der Waals surface area contributed by atoms with Gasteiger partial charge in [-0.3, -0.25) is 14.3 Å². The third-order valence-corrected chi connectivity index (χ3v) is 5.64. The number of furan rings is 1. The molecule has 4 aromatic heterocycles. The molecular weight excluding hydrogens is 440 g/mol. The Kier molecular flexibility index (Phi) is 5.00. The number of aryl methyl sites for hydroxylation is 1. The lowest BCUT2D eigenvalue weighted by Gasteiger charge is -2.10. The number of nitrogens with zero attached hydrogens (tertiary/aromatic N) is 3. The Labute approximate surface area is 176 Å². The number of halogens is 3. The summed E-state index contributed by atoms with van der Waals surface area (Å²) in [7, 11) is 1.52. The summed E-state index contributed by atoms with van der Waals surface area (Å²) in [6, 6.07) is 4.30. The van der Waals surface area contributed by atoms with Crippen molar-refractivity contribution in [1.29, 1.82) is 0 Å². The summed E-state index contributed by atoms with van der Waals surface area (Å²) in [6.07, 6.45) is -0.186. The quantitative estimate of drug-likeness (QED) is 0.471. The lowest BCUT2D eigenvalue weighted by molar-refractivity contribution is 0.100. The third kappa shape index (κ3) is 3.31. The standard InChI is InChI=1S/C18H12ClF2N5O3S/c1-26-13(8(19)6-23-26)17(28)25-12-11-7(10-3-2-4-29-10)5-9(15(20)21)24-18(11)30-14(12)16(22)27/h2-6,15H,1H3,(H2,22,27)(H,25,28). The first kappa shape index (κ1) is 20.0. The van der Waals surface area contributed by atoms with Gasteiger partial charge in [0.25, 0.3) is 18.2 Å². The number of rotatable bonds is 5. The van der Waals surface area contributed by atoms with Crippen molar-refractivity contribution in [2.24, 2.45) is 12.8 Å². The van der Waals surface area contributed by atoms with E-state index < -0.39 is 23.9 Å². The zero-order valence-electron chi connectivity index (χ0n) is 15.1. The van der Waals surface area contributed by atoms with E-state index in [2.05, 4.69) is 15.4 Å². The molecule has 0 aliphatic heterocycles. The summed E-state index contributed by atoms with van der Waals surface area (Å²) in [4.78, 5) is 28.9. The lowest BCUT2D eigenvalue weighted by Crippen LogP contribution is -2.19. The molecule has 0 aliphatic carbocycles. The van der Waals surface area contributed by atoms with Gasteiger partial charge in [0.1, 0.15) is 26.9 Å². The highest BCUT2D eigenvalue weighted by atomic mass is 35.5. The molecule has 0 aromatic carbocycles. The number of amides is 2. The average Bonchev–Trinajstić information content (AvgIpc) is 3.40. The van der Waals surface area contributed by atoms with E-state index in [4.69, 9.17) is 21.8 Å². The fourth-order valence-corrected chi connectivity index (χ4v) is 4.25. The van der Waals surface area contributed by atoms with Gasteiger partial charge >= 0.3 is 0 Å². The van der Waals surface area contributed by atoms with Gasteiger partial charge in [0.15, 0.2) is 0 Å². The van der Waals surface area contributed by atoms with Crippen LogP contribution >= 0.6 is 22.9 Å². The maximum atomic E-state index is 13.4. The highest BCUT2D eigenvalue weighted by Gasteiger charge is 2.27. The fraction of sp³-hybridized carbons (Fsp3) is 0.111. The van der Waals surface area contributed by atoms with Crippen molar-refractivity contribution in [3.05, 3.63) is 51.9 Å². The van der Waals surface area contributed by atoms with Crippen LogP contribution in [0.2, 0.25) is 5.02 Å². The smallest absolute Gasteiger partial charge is 0.280 e. The van der Waals surface area contributed by atoms with Crippen molar-refractivity contribution in [1.82, 2.24) is 14.8 Å². The van der Waals surface area contributed by atoms with Crippen LogP contribution in [-0.4, -0.2) is 26.6 Å². The van der Waals surface area contributed by atoms with E-state index in [1.165, 1.54) is 24.2 Å². The van der Waals surface area contributed by atoms with Crippen molar-refractivity contribution < 1.29 is 22.8 Å². The molecule has 0 aliphatic rings. The van der Waals surface area contributed by atoms with Crippen molar-refractivity contribution in [2.75, 3.05) is 5.32 Å². The zero-order chi connectivity index (χ0) is 21.6. The minimum Gasteiger partial charge on any atom is -0.464 e. The van der Waals surface area contributed by atoms with Crippen LogP contribution in [0.4, 0.5) is 14.5 Å². The number of carbonyl (C=O) groups is 2. The normalized spacial score (nSPS) is 11.4. The maximum absolute atomic E-state index is 13.4. The molecule has 3 N–H and O–H groups in total. The molecule has 4 rings (SSSR count). The Morgan fingerprint density at radius 1 is 1.40 bits per heavy atom. The zero-order valence-corrected chi connectivity index (χ0v) is 16.7. The second kappa shape index (κ2) is 7.50. The van der Waals surface area contributed by atoms with Crippen LogP contribution in [0.1, 0.15) is 32.3 Å². The second-order valence-electron chi connectivity index (χ2n) is 6.14. The highest BCUT2D eigenvalue weighted by Crippen LogP contribution is 2.42. The summed E-state index contributed by atoms with van der Waals surface area (Å²) in [5.74, 6) is -1.26. The molecule has 0 atom stereocenters. The van der Waals surface area contributed by atoms with Gasteiger partial charge in [0.2, 0.25) is 0 Å². The van der Waals surface area contributed by atoms with E-state index in [0.717, 1.165) is 17.4 Å². The topological polar surface area (TPSA) is 116 Å². The second-order valence-corrected chi connectivity index (χ2v) is 7.55. The van der Waals surface area contributed by atoms with Crippen molar-refractivity contribution >= 4 is 50.7 Å². The van der Waals surface area contributed by atoms with Crippen molar-refractivity contribution in [3.8, 4) is 11.3 Å². The van der Waals surface area contributed by atoms with E-state index >= 15 is 0 Å². The first-order valence-electron chi connectivity index (χ1n) is 8.36. The number of nitrogens with one attached hydrogen (secondary N) is 1. The molecule has 0 radical (unpaired) electrons. The molecule has 0 saturated heterocycles. The number of nitrogens with two attached hydrogens (primary N) is 1. The lowest BCUT2D eigenvalue weighted by atomic mass is 10.1. The molecule has 0 unspecified atom stereocenters. The van der Waals surface area contributed by atoms with Gasteiger partial charge in [-0.15, -0.1) is 11.3 Å². The fourth-order valence-electron chi connectivity index (χ4n) is 2.99. The van der Waals surface area contributed by atoms with Gasteiger partial charge < -0.3 is 15.5 Å². The Morgan fingerprint density at radius 3 is 2.73 bits per heavy atom. The number of hydrogen-bond acceptors (Lipinski definition) is 6. The number of aromatic nitrogens is 3. The van der Waals surface area contributed by atoms with Crippen LogP contribution in [0, 0.1) is 0 Å². The number of fused-ring (bicyclic) bond motifs is 1. The molecule has 8 nitrogen and oxygen atoms in total. The average molecular weight is 452 g/mol. The molecule has 30 heavy (non-hydrogen) atoms.